The van der Waals surface area contributed by atoms with Crippen molar-refractivity contribution in [2.45, 2.75) is 0 Å². The maximum absolute atomic E-state index is 5.08. The van der Waals surface area contributed by atoms with E-state index in [4.69, 9.17) is 11.2 Å². The number of hydrogen-bond acceptors (Lipinski definition) is 3. The van der Waals surface area contributed by atoms with Gasteiger partial charge < -0.3 is 10.1 Å². The number of pyridine rings is 1. The summed E-state index contributed by atoms with van der Waals surface area (Å²) in [5, 5.41) is 2.94. The largest absolute Gasteiger partial charge is 0.481 e. The van der Waals surface area contributed by atoms with Gasteiger partial charge in [-0.3, -0.25) is 0 Å². The number of nitrogens with one attached hydrogen (secondary N) is 1. The zero-order chi connectivity index (χ0) is 8.81. The van der Waals surface area contributed by atoms with Gasteiger partial charge in [0.2, 0.25) is 5.88 Å². The van der Waals surface area contributed by atoms with Gasteiger partial charge in [0.25, 0.3) is 0 Å². The Morgan fingerprint density at radius 3 is 3.17 bits per heavy atom. The minimum absolute atomic E-state index is 0.472. The summed E-state index contributed by atoms with van der Waals surface area (Å²) in [5.41, 5.74) is 0. The molecule has 0 radical (unpaired) electrons. The second-order valence-electron chi connectivity index (χ2n) is 2.12. The van der Waals surface area contributed by atoms with Gasteiger partial charge in [-0.2, -0.15) is 4.98 Å². The van der Waals surface area contributed by atoms with Crippen molar-refractivity contribution in [2.24, 2.45) is 0 Å². The Bertz CT molecular complexity index is 291. The van der Waals surface area contributed by atoms with Crippen molar-refractivity contribution in [3.05, 3.63) is 18.2 Å². The molecule has 3 nitrogen and oxygen atoms in total. The van der Waals surface area contributed by atoms with Crippen molar-refractivity contribution in [2.75, 3.05) is 19.0 Å². The van der Waals surface area contributed by atoms with Gasteiger partial charge in [0.05, 0.1) is 13.7 Å². The molecule has 0 aliphatic carbocycles. The molecule has 0 saturated carbocycles. The van der Waals surface area contributed by atoms with E-state index in [-0.39, 0.29) is 0 Å². The first kappa shape index (κ1) is 8.41. The molecule has 0 aromatic carbocycles. The van der Waals surface area contributed by atoms with E-state index in [1.54, 1.807) is 13.2 Å². The highest BCUT2D eigenvalue weighted by atomic mass is 16.5. The van der Waals surface area contributed by atoms with Gasteiger partial charge in [0.15, 0.2) is 0 Å². The summed E-state index contributed by atoms with van der Waals surface area (Å²) in [5.74, 6) is 3.77. The first-order valence-corrected chi connectivity index (χ1v) is 3.55. The highest BCUT2D eigenvalue weighted by Gasteiger charge is 1.93. The van der Waals surface area contributed by atoms with E-state index in [1.807, 2.05) is 12.1 Å². The fourth-order valence-corrected chi connectivity index (χ4v) is 0.769. The van der Waals surface area contributed by atoms with E-state index in [0.717, 1.165) is 5.82 Å². The molecule has 3 heteroatoms. The van der Waals surface area contributed by atoms with Crippen LogP contribution in [0.4, 0.5) is 5.82 Å². The Hall–Kier alpha value is -1.69. The topological polar surface area (TPSA) is 34.1 Å². The third-order valence-corrected chi connectivity index (χ3v) is 1.30. The number of aromatic nitrogens is 1. The standard InChI is InChI=1S/C9H10N2O/c1-3-7-10-8-5-4-6-9(11-8)12-2/h1,4-6H,7H2,2H3,(H,10,11). The van der Waals surface area contributed by atoms with Crippen molar-refractivity contribution in [3.8, 4) is 18.2 Å². The second-order valence-corrected chi connectivity index (χ2v) is 2.12. The maximum Gasteiger partial charge on any atom is 0.214 e. The van der Waals surface area contributed by atoms with E-state index in [1.165, 1.54) is 0 Å². The van der Waals surface area contributed by atoms with E-state index in [9.17, 15) is 0 Å². The minimum atomic E-state index is 0.472. The molecule has 0 aliphatic heterocycles. The van der Waals surface area contributed by atoms with Gasteiger partial charge in [0, 0.05) is 6.07 Å². The summed E-state index contributed by atoms with van der Waals surface area (Å²) in [4.78, 5) is 4.10. The van der Waals surface area contributed by atoms with Crippen LogP contribution in [-0.2, 0) is 0 Å². The third kappa shape index (κ3) is 2.17. The molecule has 0 amide bonds. The van der Waals surface area contributed by atoms with Gasteiger partial charge in [-0.25, -0.2) is 0 Å². The van der Waals surface area contributed by atoms with Gasteiger partial charge >= 0.3 is 0 Å². The number of hydrogen-bond donors (Lipinski definition) is 1. The fourth-order valence-electron chi connectivity index (χ4n) is 0.769. The first-order chi connectivity index (χ1) is 5.86. The Labute approximate surface area is 71.8 Å². The molecule has 0 fully saturated rings. The van der Waals surface area contributed by atoms with Crippen LogP contribution in [0.3, 0.4) is 0 Å². The molecule has 0 aliphatic rings. The SMILES string of the molecule is C#CCNc1cccc(OC)n1. The van der Waals surface area contributed by atoms with Crippen LogP contribution in [0.25, 0.3) is 0 Å². The minimum Gasteiger partial charge on any atom is -0.481 e. The number of methoxy groups -OCH3 is 1. The lowest BCUT2D eigenvalue weighted by Gasteiger charge is -2.02. The molecule has 1 rings (SSSR count). The molecule has 62 valence electrons. The van der Waals surface area contributed by atoms with Gasteiger partial charge in [-0.15, -0.1) is 6.42 Å². The monoisotopic (exact) mass is 162 g/mol. The van der Waals surface area contributed by atoms with Crippen molar-refractivity contribution < 1.29 is 4.74 Å². The number of nitrogens with zero attached hydrogens (tertiary/aromatic N) is 1. The van der Waals surface area contributed by atoms with Crippen molar-refractivity contribution in [3.63, 3.8) is 0 Å². The maximum atomic E-state index is 5.08. The zero-order valence-electron chi connectivity index (χ0n) is 6.87. The highest BCUT2D eigenvalue weighted by molar-refractivity contribution is 5.38. The molecule has 1 aromatic rings. The number of ether oxygens (including phenoxy) is 1. The Morgan fingerprint density at radius 1 is 1.67 bits per heavy atom. The van der Waals surface area contributed by atoms with E-state index in [0.29, 0.717) is 12.4 Å². The quantitative estimate of drug-likeness (QED) is 0.676. The molecule has 1 aromatic heterocycles. The van der Waals surface area contributed by atoms with E-state index >= 15 is 0 Å². The van der Waals surface area contributed by atoms with Crippen molar-refractivity contribution in [1.29, 1.82) is 0 Å². The molecule has 0 unspecified atom stereocenters. The Morgan fingerprint density at radius 2 is 2.50 bits per heavy atom. The Kier molecular flexibility index (Phi) is 2.97. The lowest BCUT2D eigenvalue weighted by molar-refractivity contribution is 0.398. The Balaban J connectivity index is 2.67. The van der Waals surface area contributed by atoms with E-state index < -0.39 is 0 Å². The summed E-state index contributed by atoms with van der Waals surface area (Å²) in [6, 6.07) is 5.46. The predicted molar refractivity (Wildman–Crippen MR) is 48.1 cm³/mol. The average molecular weight is 162 g/mol. The summed E-state index contributed by atoms with van der Waals surface area (Å²) < 4.78 is 4.93. The van der Waals surface area contributed by atoms with Gasteiger partial charge in [-0.1, -0.05) is 12.0 Å². The molecule has 1 N–H and O–H groups in total. The van der Waals surface area contributed by atoms with Crippen LogP contribution in [0.5, 0.6) is 5.88 Å². The smallest absolute Gasteiger partial charge is 0.214 e. The average Bonchev–Trinajstić information content (AvgIpc) is 2.15. The molecule has 0 saturated heterocycles. The lowest BCUT2D eigenvalue weighted by Crippen LogP contribution is -2.00. The molecule has 0 atom stereocenters. The number of terminal acetylenes is 1. The first-order valence-electron chi connectivity index (χ1n) is 3.55. The molecule has 0 bridgehead atoms. The summed E-state index contributed by atoms with van der Waals surface area (Å²) in [6.45, 7) is 0.472. The summed E-state index contributed by atoms with van der Waals surface area (Å²) >= 11 is 0. The van der Waals surface area contributed by atoms with Crippen molar-refractivity contribution >= 4 is 5.82 Å². The van der Waals surface area contributed by atoms with Gasteiger partial charge in [0.1, 0.15) is 5.82 Å². The molecular weight excluding hydrogens is 152 g/mol. The van der Waals surface area contributed by atoms with Crippen LogP contribution in [0.15, 0.2) is 18.2 Å². The zero-order valence-corrected chi connectivity index (χ0v) is 6.87. The summed E-state index contributed by atoms with van der Waals surface area (Å²) in [6.07, 6.45) is 5.08. The van der Waals surface area contributed by atoms with Crippen LogP contribution in [0, 0.1) is 12.3 Å². The van der Waals surface area contributed by atoms with Crippen LogP contribution in [0.2, 0.25) is 0 Å². The van der Waals surface area contributed by atoms with Crippen molar-refractivity contribution in [1.82, 2.24) is 4.98 Å². The lowest BCUT2D eigenvalue weighted by atomic mass is 10.4. The predicted octanol–water partition coefficient (Wildman–Crippen LogP) is 1.14. The molecule has 0 spiro atoms. The summed E-state index contributed by atoms with van der Waals surface area (Å²) in [7, 11) is 1.58. The number of anilines is 1. The van der Waals surface area contributed by atoms with E-state index in [2.05, 4.69) is 16.2 Å². The molecule has 12 heavy (non-hydrogen) atoms. The van der Waals surface area contributed by atoms with Crippen LogP contribution < -0.4 is 10.1 Å². The van der Waals surface area contributed by atoms with Crippen LogP contribution in [0.1, 0.15) is 0 Å². The van der Waals surface area contributed by atoms with Gasteiger partial charge in [-0.05, 0) is 6.07 Å². The van der Waals surface area contributed by atoms with Crippen LogP contribution >= 0.6 is 0 Å². The second kappa shape index (κ2) is 4.24. The normalized spacial score (nSPS) is 8.67. The number of rotatable bonds is 3. The fraction of sp³-hybridized carbons (Fsp3) is 0.222. The third-order valence-electron chi connectivity index (χ3n) is 1.30. The highest BCUT2D eigenvalue weighted by Crippen LogP contribution is 2.09. The molecular formula is C9H10N2O. The molecule has 1 heterocycles. The van der Waals surface area contributed by atoms with Crippen LogP contribution in [-0.4, -0.2) is 18.6 Å².